The van der Waals surface area contributed by atoms with Gasteiger partial charge in [0.1, 0.15) is 5.75 Å². The highest BCUT2D eigenvalue weighted by molar-refractivity contribution is 6.02. The molecule has 0 saturated carbocycles. The summed E-state index contributed by atoms with van der Waals surface area (Å²) in [7, 11) is 0. The first-order chi connectivity index (χ1) is 8.99. The zero-order valence-corrected chi connectivity index (χ0v) is 11.8. The van der Waals surface area contributed by atoms with Crippen LogP contribution in [0.1, 0.15) is 39.2 Å². The summed E-state index contributed by atoms with van der Waals surface area (Å²) in [5, 5.41) is 9.19. The Labute approximate surface area is 114 Å². The Bertz CT molecular complexity index is 482. The Morgan fingerprint density at radius 1 is 1.37 bits per heavy atom. The number of aliphatic hydroxyl groups is 1. The maximum Gasteiger partial charge on any atom is 0.270 e. The molecule has 0 atom stereocenters. The van der Waals surface area contributed by atoms with Gasteiger partial charge >= 0.3 is 0 Å². The molecule has 0 saturated heterocycles. The molecule has 1 aromatic rings. The zero-order chi connectivity index (χ0) is 14.0. The number of carbonyl (C=O) groups is 1. The molecule has 0 aromatic heterocycles. The quantitative estimate of drug-likeness (QED) is 0.908. The Morgan fingerprint density at radius 3 is 2.74 bits per heavy atom. The van der Waals surface area contributed by atoms with Gasteiger partial charge in [-0.1, -0.05) is 19.4 Å². The lowest BCUT2D eigenvalue weighted by Crippen LogP contribution is -2.52. The molecule has 19 heavy (non-hydrogen) atoms. The maximum atomic E-state index is 12.4. The maximum absolute atomic E-state index is 12.4. The number of fused-ring (bicyclic) bond motifs is 1. The van der Waals surface area contributed by atoms with Crippen LogP contribution in [0.4, 0.5) is 5.69 Å². The van der Waals surface area contributed by atoms with E-state index in [1.54, 1.807) is 18.7 Å². The van der Waals surface area contributed by atoms with Crippen LogP contribution in [-0.4, -0.2) is 23.2 Å². The molecular weight excluding hydrogens is 242 g/mol. The van der Waals surface area contributed by atoms with E-state index in [0.29, 0.717) is 12.3 Å². The lowest BCUT2D eigenvalue weighted by atomic mass is 10.0. The van der Waals surface area contributed by atoms with E-state index < -0.39 is 5.60 Å². The SMILES string of the molecule is CCCCN1C(=O)C(C)(C)Oc2cc(CO)ccc21. The fourth-order valence-electron chi connectivity index (χ4n) is 2.25. The first-order valence-corrected chi connectivity index (χ1v) is 6.74. The summed E-state index contributed by atoms with van der Waals surface area (Å²) in [5.41, 5.74) is 0.740. The molecule has 1 N–H and O–H groups in total. The third-order valence-corrected chi connectivity index (χ3v) is 3.36. The third-order valence-electron chi connectivity index (χ3n) is 3.36. The molecule has 1 aliphatic heterocycles. The highest BCUT2D eigenvalue weighted by Crippen LogP contribution is 2.38. The topological polar surface area (TPSA) is 49.8 Å². The summed E-state index contributed by atoms with van der Waals surface area (Å²) in [6.45, 7) is 6.34. The zero-order valence-electron chi connectivity index (χ0n) is 11.8. The number of nitrogens with zero attached hydrogens (tertiary/aromatic N) is 1. The van der Waals surface area contributed by atoms with Crippen LogP contribution in [0.15, 0.2) is 18.2 Å². The van der Waals surface area contributed by atoms with Crippen molar-refractivity contribution in [2.45, 2.75) is 45.8 Å². The number of rotatable bonds is 4. The first kappa shape index (κ1) is 13.9. The molecule has 0 aliphatic carbocycles. The predicted molar refractivity (Wildman–Crippen MR) is 74.3 cm³/mol. The van der Waals surface area contributed by atoms with Crippen LogP contribution in [0.25, 0.3) is 0 Å². The fraction of sp³-hybridized carbons (Fsp3) is 0.533. The van der Waals surface area contributed by atoms with Crippen LogP contribution in [-0.2, 0) is 11.4 Å². The van der Waals surface area contributed by atoms with Crippen LogP contribution >= 0.6 is 0 Å². The van der Waals surface area contributed by atoms with Gasteiger partial charge in [-0.15, -0.1) is 0 Å². The van der Waals surface area contributed by atoms with Crippen molar-refractivity contribution in [1.82, 2.24) is 0 Å². The molecule has 4 nitrogen and oxygen atoms in total. The summed E-state index contributed by atoms with van der Waals surface area (Å²) in [6, 6.07) is 5.49. The van der Waals surface area contributed by atoms with Gasteiger partial charge in [0.05, 0.1) is 12.3 Å². The summed E-state index contributed by atoms with van der Waals surface area (Å²) in [5.74, 6) is 0.664. The number of hydrogen-bond donors (Lipinski definition) is 1. The number of hydrogen-bond acceptors (Lipinski definition) is 3. The van der Waals surface area contributed by atoms with Gasteiger partial charge in [-0.3, -0.25) is 4.79 Å². The minimum absolute atomic E-state index is 0.00908. The van der Waals surface area contributed by atoms with Gasteiger partial charge < -0.3 is 14.7 Å². The molecule has 1 aliphatic rings. The van der Waals surface area contributed by atoms with E-state index >= 15 is 0 Å². The minimum Gasteiger partial charge on any atom is -0.476 e. The van der Waals surface area contributed by atoms with Gasteiger partial charge in [0.2, 0.25) is 0 Å². The molecule has 1 aromatic carbocycles. The molecule has 0 radical (unpaired) electrons. The van der Waals surface area contributed by atoms with Crippen LogP contribution in [0.2, 0.25) is 0 Å². The van der Waals surface area contributed by atoms with Gasteiger partial charge in [0.25, 0.3) is 5.91 Å². The molecule has 1 heterocycles. The van der Waals surface area contributed by atoms with Crippen molar-refractivity contribution in [2.24, 2.45) is 0 Å². The average molecular weight is 263 g/mol. The third kappa shape index (κ3) is 2.59. The van der Waals surface area contributed by atoms with Crippen molar-refractivity contribution in [3.8, 4) is 5.75 Å². The number of unbranched alkanes of at least 4 members (excludes halogenated alkanes) is 1. The smallest absolute Gasteiger partial charge is 0.270 e. The van der Waals surface area contributed by atoms with Crippen molar-refractivity contribution in [3.05, 3.63) is 23.8 Å². The molecule has 0 bridgehead atoms. The second kappa shape index (κ2) is 5.21. The fourth-order valence-corrected chi connectivity index (χ4v) is 2.25. The van der Waals surface area contributed by atoms with E-state index in [4.69, 9.17) is 4.74 Å². The van der Waals surface area contributed by atoms with E-state index in [9.17, 15) is 9.90 Å². The minimum atomic E-state index is -0.852. The first-order valence-electron chi connectivity index (χ1n) is 6.74. The number of amides is 1. The molecule has 0 fully saturated rings. The van der Waals surface area contributed by atoms with Crippen molar-refractivity contribution < 1.29 is 14.6 Å². The van der Waals surface area contributed by atoms with Crippen LogP contribution in [0.3, 0.4) is 0 Å². The number of benzene rings is 1. The molecule has 0 unspecified atom stereocenters. The highest BCUT2D eigenvalue weighted by Gasteiger charge is 2.40. The van der Waals surface area contributed by atoms with E-state index in [0.717, 1.165) is 24.1 Å². The van der Waals surface area contributed by atoms with E-state index in [-0.39, 0.29) is 12.5 Å². The molecule has 2 rings (SSSR count). The van der Waals surface area contributed by atoms with Gasteiger partial charge in [-0.2, -0.15) is 0 Å². The molecular formula is C15H21NO3. The van der Waals surface area contributed by atoms with E-state index in [1.807, 2.05) is 18.2 Å². The Balaban J connectivity index is 2.41. The number of carbonyl (C=O) groups excluding carboxylic acids is 1. The standard InChI is InChI=1S/C15H21NO3/c1-4-5-8-16-12-7-6-11(10-17)9-13(12)19-15(2,3)14(16)18/h6-7,9,17H,4-5,8,10H2,1-3H3. The summed E-state index contributed by atoms with van der Waals surface area (Å²) >= 11 is 0. The molecule has 4 heteroatoms. The van der Waals surface area contributed by atoms with Crippen LogP contribution in [0.5, 0.6) is 5.75 Å². The van der Waals surface area contributed by atoms with E-state index in [2.05, 4.69) is 6.92 Å². The second-order valence-corrected chi connectivity index (χ2v) is 5.38. The highest BCUT2D eigenvalue weighted by atomic mass is 16.5. The Morgan fingerprint density at radius 2 is 2.11 bits per heavy atom. The normalized spacial score (nSPS) is 17.1. The largest absolute Gasteiger partial charge is 0.476 e. The summed E-state index contributed by atoms with van der Waals surface area (Å²) in [4.78, 5) is 14.2. The predicted octanol–water partition coefficient (Wildman–Crippen LogP) is 2.48. The molecule has 0 spiro atoms. The lowest BCUT2D eigenvalue weighted by Gasteiger charge is -2.39. The van der Waals surface area contributed by atoms with Gasteiger partial charge in [0.15, 0.2) is 5.60 Å². The Hall–Kier alpha value is -1.55. The number of ether oxygens (including phenoxy) is 1. The summed E-state index contributed by atoms with van der Waals surface area (Å²) in [6.07, 6.45) is 2.00. The second-order valence-electron chi connectivity index (χ2n) is 5.38. The van der Waals surface area contributed by atoms with Gasteiger partial charge in [-0.05, 0) is 38.0 Å². The molecule has 1 amide bonds. The van der Waals surface area contributed by atoms with Gasteiger partial charge in [0, 0.05) is 6.54 Å². The summed E-state index contributed by atoms with van der Waals surface area (Å²) < 4.78 is 5.78. The monoisotopic (exact) mass is 263 g/mol. The number of aliphatic hydroxyl groups excluding tert-OH is 1. The van der Waals surface area contributed by atoms with Crippen molar-refractivity contribution >= 4 is 11.6 Å². The van der Waals surface area contributed by atoms with Crippen LogP contribution in [0, 0.1) is 0 Å². The number of anilines is 1. The van der Waals surface area contributed by atoms with E-state index in [1.165, 1.54) is 0 Å². The van der Waals surface area contributed by atoms with Gasteiger partial charge in [-0.25, -0.2) is 0 Å². The van der Waals surface area contributed by atoms with Crippen molar-refractivity contribution in [3.63, 3.8) is 0 Å². The van der Waals surface area contributed by atoms with Crippen LogP contribution < -0.4 is 9.64 Å². The Kier molecular flexibility index (Phi) is 3.80. The molecule has 104 valence electrons. The van der Waals surface area contributed by atoms with Crippen molar-refractivity contribution in [1.29, 1.82) is 0 Å². The average Bonchev–Trinajstić information content (AvgIpc) is 2.38. The van der Waals surface area contributed by atoms with Crippen molar-refractivity contribution in [2.75, 3.05) is 11.4 Å². The lowest BCUT2D eigenvalue weighted by molar-refractivity contribution is -0.132.